The molecule has 0 fully saturated rings. The topological polar surface area (TPSA) is 85.7 Å². The predicted molar refractivity (Wildman–Crippen MR) is 93.3 cm³/mol. The maximum absolute atomic E-state index is 12.1. The number of phenols is 1. The van der Waals surface area contributed by atoms with Gasteiger partial charge in [0.2, 0.25) is 0 Å². The molecule has 26 heavy (non-hydrogen) atoms. The predicted octanol–water partition coefficient (Wildman–Crippen LogP) is 4.08. The minimum Gasteiger partial charge on any atom is -0.508 e. The molecule has 0 amide bonds. The molecule has 6 nitrogen and oxygen atoms in total. The van der Waals surface area contributed by atoms with E-state index in [0.717, 1.165) is 10.9 Å². The number of aromatic hydroxyl groups is 1. The molecule has 0 saturated carbocycles. The van der Waals surface area contributed by atoms with Crippen LogP contribution in [-0.2, 0) is 22.6 Å². The second kappa shape index (κ2) is 6.76. The number of esters is 1. The molecule has 4 aromatic rings. The summed E-state index contributed by atoms with van der Waals surface area (Å²) in [6.45, 7) is 0.0335. The summed E-state index contributed by atoms with van der Waals surface area (Å²) in [5, 5.41) is 14.1. The monoisotopic (exact) mass is 349 g/mol. The van der Waals surface area contributed by atoms with Gasteiger partial charge in [-0.2, -0.15) is 0 Å². The number of nitrogens with zero attached hydrogens (tertiary/aromatic N) is 1. The highest BCUT2D eigenvalue weighted by molar-refractivity contribution is 5.86. The number of ether oxygens (including phenoxy) is 1. The maximum Gasteiger partial charge on any atom is 0.310 e. The van der Waals surface area contributed by atoms with Crippen LogP contribution in [0.1, 0.15) is 11.3 Å². The van der Waals surface area contributed by atoms with Crippen molar-refractivity contribution >= 4 is 16.9 Å². The van der Waals surface area contributed by atoms with Gasteiger partial charge in [-0.3, -0.25) is 4.79 Å². The lowest BCUT2D eigenvalue weighted by molar-refractivity contribution is -0.144. The van der Waals surface area contributed by atoms with E-state index in [4.69, 9.17) is 13.7 Å². The van der Waals surface area contributed by atoms with Crippen molar-refractivity contribution in [1.82, 2.24) is 5.16 Å². The molecule has 6 heteroatoms. The Labute approximate surface area is 148 Å². The molecule has 0 bridgehead atoms. The molecule has 2 aromatic carbocycles. The van der Waals surface area contributed by atoms with Crippen molar-refractivity contribution in [2.45, 2.75) is 13.0 Å². The van der Waals surface area contributed by atoms with Gasteiger partial charge >= 0.3 is 5.97 Å². The third kappa shape index (κ3) is 3.30. The van der Waals surface area contributed by atoms with Crippen molar-refractivity contribution < 1.29 is 23.6 Å². The molecule has 0 radical (unpaired) electrons. The quantitative estimate of drug-likeness (QED) is 0.546. The summed E-state index contributed by atoms with van der Waals surface area (Å²) in [7, 11) is 0. The summed E-state index contributed by atoms with van der Waals surface area (Å²) in [6, 6.07) is 16.1. The second-order valence-corrected chi connectivity index (χ2v) is 5.83. The van der Waals surface area contributed by atoms with Crippen LogP contribution in [0.25, 0.3) is 22.3 Å². The van der Waals surface area contributed by atoms with Crippen LogP contribution in [0.15, 0.2) is 69.8 Å². The number of hydrogen-bond acceptors (Lipinski definition) is 6. The van der Waals surface area contributed by atoms with E-state index in [2.05, 4.69) is 5.16 Å². The summed E-state index contributed by atoms with van der Waals surface area (Å²) in [5.74, 6) is 0.337. The van der Waals surface area contributed by atoms with Crippen LogP contribution in [0.5, 0.6) is 5.75 Å². The highest BCUT2D eigenvalue weighted by atomic mass is 16.5. The van der Waals surface area contributed by atoms with E-state index in [1.807, 2.05) is 30.3 Å². The lowest BCUT2D eigenvalue weighted by Crippen LogP contribution is -2.07. The fourth-order valence-electron chi connectivity index (χ4n) is 2.69. The molecule has 2 aromatic heterocycles. The van der Waals surface area contributed by atoms with Gasteiger partial charge in [-0.1, -0.05) is 35.5 Å². The summed E-state index contributed by atoms with van der Waals surface area (Å²) in [5.41, 5.74) is 2.68. The molecule has 0 saturated heterocycles. The summed E-state index contributed by atoms with van der Waals surface area (Å²) in [6.07, 6.45) is 1.57. The van der Waals surface area contributed by atoms with E-state index >= 15 is 0 Å². The highest BCUT2D eigenvalue weighted by Gasteiger charge is 2.13. The van der Waals surface area contributed by atoms with Gasteiger partial charge in [-0.15, -0.1) is 0 Å². The van der Waals surface area contributed by atoms with Gasteiger partial charge in [0.15, 0.2) is 5.76 Å². The Morgan fingerprint density at radius 3 is 2.81 bits per heavy atom. The maximum atomic E-state index is 12.1. The molecule has 0 spiro atoms. The van der Waals surface area contributed by atoms with Crippen molar-refractivity contribution in [3.8, 4) is 17.1 Å². The Bertz CT molecular complexity index is 1050. The van der Waals surface area contributed by atoms with Gasteiger partial charge in [0.25, 0.3) is 0 Å². The molecule has 0 aliphatic rings. The first-order valence-electron chi connectivity index (χ1n) is 8.05. The zero-order chi connectivity index (χ0) is 17.9. The molecule has 130 valence electrons. The van der Waals surface area contributed by atoms with Gasteiger partial charge in [0.05, 0.1) is 12.7 Å². The van der Waals surface area contributed by atoms with Gasteiger partial charge in [0, 0.05) is 28.6 Å². The Morgan fingerprint density at radius 1 is 1.12 bits per heavy atom. The van der Waals surface area contributed by atoms with E-state index < -0.39 is 5.97 Å². The first-order valence-corrected chi connectivity index (χ1v) is 8.05. The molecule has 0 unspecified atom stereocenters. The number of carbonyl (C=O) groups is 1. The minimum absolute atomic E-state index is 0.0335. The Kier molecular flexibility index (Phi) is 4.15. The van der Waals surface area contributed by atoms with E-state index in [0.29, 0.717) is 22.6 Å². The molecule has 0 aliphatic heterocycles. The first-order chi connectivity index (χ1) is 12.7. The number of carbonyl (C=O) groups excluding carboxylic acids is 1. The molecule has 0 aliphatic carbocycles. The number of furan rings is 1. The van der Waals surface area contributed by atoms with E-state index in [1.54, 1.807) is 18.2 Å². The average Bonchev–Trinajstić information content (AvgIpc) is 3.28. The highest BCUT2D eigenvalue weighted by Crippen LogP contribution is 2.25. The van der Waals surface area contributed by atoms with Gasteiger partial charge in [-0.25, -0.2) is 0 Å². The fraction of sp³-hybridized carbons (Fsp3) is 0.100. The van der Waals surface area contributed by atoms with E-state index in [1.165, 1.54) is 12.3 Å². The molecule has 2 heterocycles. The zero-order valence-corrected chi connectivity index (χ0v) is 13.7. The molecule has 0 atom stereocenters. The van der Waals surface area contributed by atoms with Crippen molar-refractivity contribution in [2.75, 3.05) is 0 Å². The van der Waals surface area contributed by atoms with E-state index in [-0.39, 0.29) is 18.8 Å². The van der Waals surface area contributed by atoms with Gasteiger partial charge < -0.3 is 18.8 Å². The normalized spacial score (nSPS) is 10.9. The fourth-order valence-corrected chi connectivity index (χ4v) is 2.69. The summed E-state index contributed by atoms with van der Waals surface area (Å²) in [4.78, 5) is 12.1. The molecule has 1 N–H and O–H groups in total. The minimum atomic E-state index is -0.398. The SMILES string of the molecule is O=C(Cc1coc2cc(O)ccc12)OCc1cc(-c2ccccc2)on1. The lowest BCUT2D eigenvalue weighted by Gasteiger charge is -2.01. The van der Waals surface area contributed by atoms with Crippen LogP contribution in [0.2, 0.25) is 0 Å². The Morgan fingerprint density at radius 2 is 1.96 bits per heavy atom. The number of benzene rings is 2. The number of phenolic OH excluding ortho intramolecular Hbond substituents is 1. The van der Waals surface area contributed by atoms with Crippen molar-refractivity contribution in [2.24, 2.45) is 0 Å². The van der Waals surface area contributed by atoms with Crippen molar-refractivity contribution in [3.05, 3.63) is 72.1 Å². The first kappa shape index (κ1) is 16.0. The van der Waals surface area contributed by atoms with Gasteiger partial charge in [-0.05, 0) is 12.1 Å². The van der Waals surface area contributed by atoms with Gasteiger partial charge in [0.1, 0.15) is 23.6 Å². The molecular weight excluding hydrogens is 334 g/mol. The summed E-state index contributed by atoms with van der Waals surface area (Å²) >= 11 is 0. The Hall–Kier alpha value is -3.54. The van der Waals surface area contributed by atoms with Crippen molar-refractivity contribution in [1.29, 1.82) is 0 Å². The van der Waals surface area contributed by atoms with E-state index in [9.17, 15) is 9.90 Å². The second-order valence-electron chi connectivity index (χ2n) is 5.83. The zero-order valence-electron chi connectivity index (χ0n) is 13.7. The van der Waals surface area contributed by atoms with Crippen LogP contribution in [0, 0.1) is 0 Å². The third-order valence-corrected chi connectivity index (χ3v) is 3.97. The third-order valence-electron chi connectivity index (χ3n) is 3.97. The van der Waals surface area contributed by atoms with Crippen LogP contribution in [0.4, 0.5) is 0 Å². The number of hydrogen-bond donors (Lipinski definition) is 1. The standard InChI is InChI=1S/C20H15NO5/c22-16-6-7-17-14(11-24-19(17)10-16)8-20(23)25-12-15-9-18(26-21-15)13-4-2-1-3-5-13/h1-7,9-11,22H,8,12H2. The Balaban J connectivity index is 1.39. The van der Waals surface area contributed by atoms with Crippen molar-refractivity contribution in [3.63, 3.8) is 0 Å². The van der Waals surface area contributed by atoms with Crippen LogP contribution < -0.4 is 0 Å². The number of aromatic nitrogens is 1. The lowest BCUT2D eigenvalue weighted by atomic mass is 10.1. The average molecular weight is 349 g/mol. The largest absolute Gasteiger partial charge is 0.508 e. The number of fused-ring (bicyclic) bond motifs is 1. The van der Waals surface area contributed by atoms with Crippen LogP contribution >= 0.6 is 0 Å². The molecular formula is C20H15NO5. The smallest absolute Gasteiger partial charge is 0.310 e. The molecule has 4 rings (SSSR count). The van der Waals surface area contributed by atoms with Crippen LogP contribution in [-0.4, -0.2) is 16.2 Å². The summed E-state index contributed by atoms with van der Waals surface area (Å²) < 4.78 is 15.9. The number of rotatable bonds is 5. The van der Waals surface area contributed by atoms with Crippen LogP contribution in [0.3, 0.4) is 0 Å².